The fourth-order valence-electron chi connectivity index (χ4n) is 7.20. The number of hydrogen-bond acceptors (Lipinski definition) is 14. The number of nitrogen functional groups attached to an aromatic ring is 1. The Bertz CT molecular complexity index is 2640. The molecule has 2 N–H and O–H groups in total. The van der Waals surface area contributed by atoms with E-state index in [1.54, 1.807) is 69.0 Å². The number of nitrogens with zero attached hydrogens (tertiary/aromatic N) is 6. The molecule has 5 aliphatic rings. The van der Waals surface area contributed by atoms with E-state index < -0.39 is 37.1 Å². The lowest BCUT2D eigenvalue weighted by atomic mass is 10.1. The van der Waals surface area contributed by atoms with Crippen LogP contribution in [0.3, 0.4) is 0 Å². The molecular formula is C44H49F2N7O7S2. The van der Waals surface area contributed by atoms with Crippen molar-refractivity contribution in [2.75, 3.05) is 56.6 Å². The fourth-order valence-corrected chi connectivity index (χ4v) is 10.1. The Labute approximate surface area is 360 Å². The van der Waals surface area contributed by atoms with Crippen molar-refractivity contribution in [3.63, 3.8) is 0 Å². The molecule has 0 spiro atoms. The van der Waals surface area contributed by atoms with Gasteiger partial charge in [-0.05, 0) is 74.2 Å². The number of nitrogens with two attached hydrogens (primary N) is 1. The minimum atomic E-state index is -3.41. The van der Waals surface area contributed by atoms with Gasteiger partial charge in [-0.15, -0.1) is 0 Å². The van der Waals surface area contributed by atoms with Crippen LogP contribution in [0.4, 0.5) is 25.8 Å². The zero-order valence-corrected chi connectivity index (χ0v) is 36.2. The molecule has 18 heteroatoms. The van der Waals surface area contributed by atoms with Crippen molar-refractivity contribution in [3.8, 4) is 23.0 Å². The monoisotopic (exact) mass is 889 g/mol. The Balaban J connectivity index is 0.000000167. The van der Waals surface area contributed by atoms with Gasteiger partial charge < -0.3 is 29.7 Å². The van der Waals surface area contributed by atoms with Gasteiger partial charge >= 0.3 is 0 Å². The number of anilines is 1. The molecule has 5 aliphatic heterocycles. The molecule has 0 amide bonds. The van der Waals surface area contributed by atoms with Crippen LogP contribution in [0.5, 0.6) is 23.0 Å². The Kier molecular flexibility index (Phi) is 14.0. The average Bonchev–Trinajstić information content (AvgIpc) is 4.07. The van der Waals surface area contributed by atoms with E-state index in [9.17, 15) is 21.2 Å². The van der Waals surface area contributed by atoms with E-state index in [2.05, 4.69) is 20.0 Å². The first-order valence-corrected chi connectivity index (χ1v) is 24.2. The van der Waals surface area contributed by atoms with Gasteiger partial charge in [0.25, 0.3) is 0 Å². The predicted molar refractivity (Wildman–Crippen MR) is 238 cm³/mol. The van der Waals surface area contributed by atoms with E-state index in [0.717, 1.165) is 60.5 Å². The van der Waals surface area contributed by atoms with Gasteiger partial charge in [0.05, 0.1) is 65.8 Å². The highest BCUT2D eigenvalue weighted by atomic mass is 32.2. The lowest BCUT2D eigenvalue weighted by molar-refractivity contribution is 0.198. The van der Waals surface area contributed by atoms with Crippen LogP contribution >= 0.6 is 0 Å². The molecule has 0 atom stereocenters. The first kappa shape index (κ1) is 44.3. The number of amidine groups is 2. The molecule has 5 heterocycles. The van der Waals surface area contributed by atoms with Gasteiger partial charge in [0.15, 0.2) is 42.8 Å². The van der Waals surface area contributed by atoms with Crippen LogP contribution in [0.15, 0.2) is 86.7 Å². The summed E-state index contributed by atoms with van der Waals surface area (Å²) in [5, 5.41) is 0. The standard InChI is InChI=1S/C20H21FN4O3S.C20H20FN3O3S.C4H8O/c1-2-9-29(26,27)11-13-3-5-16(22)19(18(13)21)28-14-4-6-17-15(10-14)20-23-7-8-25(20)12-24-17;1-2-10-28(25,26)12-14-4-3-5-18(19(14)21)27-15-6-7-17-16(11-15)20-22-8-9-24(20)13-23-17;1-2-4-5-3-1/h3-6,10,12H,2,7-9,11,22H2,1H3;3-7,11,13H,2,8-10,12H2,1H3;1-4H2. The van der Waals surface area contributed by atoms with E-state index in [4.69, 9.17) is 19.9 Å². The van der Waals surface area contributed by atoms with Gasteiger partial charge in [-0.3, -0.25) is 9.98 Å². The minimum Gasteiger partial charge on any atom is -0.454 e. The third kappa shape index (κ3) is 10.7. The number of aliphatic imine (C=N–C) groups is 4. The lowest BCUT2D eigenvalue weighted by Gasteiger charge is -2.21. The Morgan fingerprint density at radius 1 is 0.694 bits per heavy atom. The topological polar surface area (TPSA) is 178 Å². The summed E-state index contributed by atoms with van der Waals surface area (Å²) in [4.78, 5) is 21.7. The van der Waals surface area contributed by atoms with Gasteiger partial charge in [0.2, 0.25) is 0 Å². The molecule has 0 aromatic heterocycles. The van der Waals surface area contributed by atoms with Gasteiger partial charge in [-0.1, -0.05) is 32.0 Å². The predicted octanol–water partition coefficient (Wildman–Crippen LogP) is 7.74. The second-order valence-electron chi connectivity index (χ2n) is 15.0. The number of fused-ring (bicyclic) bond motifs is 6. The maximum atomic E-state index is 15.0. The second kappa shape index (κ2) is 19.5. The van der Waals surface area contributed by atoms with Crippen molar-refractivity contribution in [1.29, 1.82) is 0 Å². The fraction of sp³-hybridized carbons (Fsp3) is 0.364. The van der Waals surface area contributed by atoms with Gasteiger partial charge in [0, 0.05) is 48.6 Å². The van der Waals surface area contributed by atoms with Crippen LogP contribution in [0.2, 0.25) is 0 Å². The Morgan fingerprint density at radius 2 is 1.23 bits per heavy atom. The highest BCUT2D eigenvalue weighted by molar-refractivity contribution is 7.90. The van der Waals surface area contributed by atoms with Crippen LogP contribution in [-0.4, -0.2) is 102 Å². The number of sulfone groups is 2. The summed E-state index contributed by atoms with van der Waals surface area (Å²) in [6.07, 6.45) is 7.03. The third-order valence-electron chi connectivity index (χ3n) is 10.1. The summed E-state index contributed by atoms with van der Waals surface area (Å²) in [5.74, 6) is 0.127. The van der Waals surface area contributed by atoms with Crippen molar-refractivity contribution >= 4 is 61.1 Å². The third-order valence-corrected chi connectivity index (χ3v) is 13.7. The quantitative estimate of drug-likeness (QED) is 0.138. The molecule has 0 saturated carbocycles. The number of rotatable bonds is 12. The van der Waals surface area contributed by atoms with Crippen LogP contribution in [-0.2, 0) is 35.9 Å². The van der Waals surface area contributed by atoms with Gasteiger partial charge in [-0.2, -0.15) is 0 Å². The normalized spacial score (nSPS) is 15.9. The molecule has 0 aliphatic carbocycles. The highest BCUT2D eigenvalue weighted by Gasteiger charge is 2.26. The summed E-state index contributed by atoms with van der Waals surface area (Å²) < 4.78 is 94.6. The van der Waals surface area contributed by atoms with E-state index in [-0.39, 0.29) is 45.6 Å². The molecule has 0 unspecified atom stereocenters. The van der Waals surface area contributed by atoms with E-state index in [1.807, 2.05) is 9.80 Å². The highest BCUT2D eigenvalue weighted by Crippen LogP contribution is 2.37. The number of benzene rings is 4. The van der Waals surface area contributed by atoms with Crippen LogP contribution in [0.1, 0.15) is 61.8 Å². The maximum absolute atomic E-state index is 15.0. The van der Waals surface area contributed by atoms with Crippen molar-refractivity contribution in [2.45, 2.75) is 51.0 Å². The van der Waals surface area contributed by atoms with Crippen LogP contribution in [0, 0.1) is 11.6 Å². The molecule has 0 bridgehead atoms. The molecule has 0 radical (unpaired) electrons. The van der Waals surface area contributed by atoms with Crippen molar-refractivity contribution in [2.24, 2.45) is 20.0 Å². The molecule has 9 rings (SSSR count). The first-order chi connectivity index (χ1) is 29.8. The summed E-state index contributed by atoms with van der Waals surface area (Å²) >= 11 is 0. The minimum absolute atomic E-state index is 0.00302. The largest absolute Gasteiger partial charge is 0.454 e. The van der Waals surface area contributed by atoms with E-state index >= 15 is 4.39 Å². The van der Waals surface area contributed by atoms with Gasteiger partial charge in [0.1, 0.15) is 23.2 Å². The molecule has 14 nitrogen and oxygen atoms in total. The van der Waals surface area contributed by atoms with Gasteiger partial charge in [-0.25, -0.2) is 35.6 Å². The molecule has 62 heavy (non-hydrogen) atoms. The smallest absolute Gasteiger partial charge is 0.186 e. The van der Waals surface area contributed by atoms with Crippen molar-refractivity contribution in [3.05, 3.63) is 101 Å². The van der Waals surface area contributed by atoms with Crippen molar-refractivity contribution in [1.82, 2.24) is 9.80 Å². The summed E-state index contributed by atoms with van der Waals surface area (Å²) in [7, 11) is -6.76. The number of halogens is 2. The number of hydrogen-bond donors (Lipinski definition) is 1. The summed E-state index contributed by atoms with van der Waals surface area (Å²) in [5.41, 5.74) is 9.32. The van der Waals surface area contributed by atoms with Crippen LogP contribution < -0.4 is 15.2 Å². The first-order valence-electron chi connectivity index (χ1n) is 20.5. The zero-order valence-electron chi connectivity index (χ0n) is 34.6. The summed E-state index contributed by atoms with van der Waals surface area (Å²) in [6.45, 7) is 8.48. The molecule has 4 aromatic carbocycles. The molecule has 1 saturated heterocycles. The molecule has 1 fully saturated rings. The SMILES string of the molecule is C1CCOC1.CCCS(=O)(=O)Cc1ccc(N)c(Oc2ccc3c(c2)C2=NCCN2C=N3)c1F.CCCS(=O)(=O)Cc1cccc(Oc2ccc3c(c2)C2=NCCN2C=N3)c1F. The van der Waals surface area contributed by atoms with E-state index in [0.29, 0.717) is 37.4 Å². The molecule has 4 aromatic rings. The van der Waals surface area contributed by atoms with E-state index in [1.165, 1.54) is 37.1 Å². The summed E-state index contributed by atoms with van der Waals surface area (Å²) in [6, 6.07) is 17.9. The lowest BCUT2D eigenvalue weighted by Crippen LogP contribution is -2.29. The Hall–Kier alpha value is -5.72. The maximum Gasteiger partial charge on any atom is 0.186 e. The average molecular weight is 890 g/mol. The zero-order chi connectivity index (χ0) is 43.9. The number of ether oxygens (including phenoxy) is 3. The van der Waals surface area contributed by atoms with Crippen LogP contribution in [0.25, 0.3) is 0 Å². The van der Waals surface area contributed by atoms with Crippen molar-refractivity contribution < 1.29 is 39.8 Å². The molecular weight excluding hydrogens is 841 g/mol. The second-order valence-corrected chi connectivity index (χ2v) is 19.4. The molecule has 328 valence electrons. The Morgan fingerprint density at radius 3 is 1.74 bits per heavy atom.